The van der Waals surface area contributed by atoms with E-state index in [4.69, 9.17) is 37.9 Å². The van der Waals surface area contributed by atoms with Crippen LogP contribution in [0.2, 0.25) is 0 Å². The van der Waals surface area contributed by atoms with Gasteiger partial charge in [0.25, 0.3) is 0 Å². The molecule has 3 aromatic rings. The van der Waals surface area contributed by atoms with Gasteiger partial charge in [0.15, 0.2) is 24.8 Å². The molecule has 3 aromatic carbocycles. The van der Waals surface area contributed by atoms with E-state index in [1.165, 1.54) is 13.8 Å². The van der Waals surface area contributed by atoms with Gasteiger partial charge >= 0.3 is 11.9 Å². The van der Waals surface area contributed by atoms with Gasteiger partial charge in [-0.05, 0) is 23.6 Å². The number of hydrogen-bond acceptors (Lipinski definition) is 12. The lowest BCUT2D eigenvalue weighted by atomic mass is 9.96. The fourth-order valence-electron chi connectivity index (χ4n) is 5.89. The van der Waals surface area contributed by atoms with Crippen LogP contribution in [-0.2, 0) is 67.3 Å². The Hall–Kier alpha value is -3.72. The van der Waals surface area contributed by atoms with Gasteiger partial charge in [0.2, 0.25) is 0 Å². The largest absolute Gasteiger partial charge is 0.455 e. The first-order valence-corrected chi connectivity index (χ1v) is 16.3. The highest BCUT2D eigenvalue weighted by Gasteiger charge is 2.54. The SMILES string of the molecule is CC(=O)O[C@H]1[C@@H](O[C@@H]2[C@@H](OCc3ccccc3)[C@H](C)O[C@@H](O)[C@@H]2OCc2ccccc2)O[C@H](COCc2ccccc2)[C@H](O)[C@@H]1OC(C)=O. The molecule has 0 aromatic heterocycles. The topological polar surface area (TPSA) is 148 Å². The van der Waals surface area contributed by atoms with Crippen LogP contribution in [0, 0.1) is 0 Å². The van der Waals surface area contributed by atoms with E-state index in [-0.39, 0.29) is 26.4 Å². The molecule has 0 unspecified atom stereocenters. The third-order valence-electron chi connectivity index (χ3n) is 8.22. The third-order valence-corrected chi connectivity index (χ3v) is 8.22. The number of rotatable bonds is 14. The van der Waals surface area contributed by atoms with Gasteiger partial charge in [0.05, 0.1) is 32.5 Å². The summed E-state index contributed by atoms with van der Waals surface area (Å²) in [6.45, 7) is 4.50. The van der Waals surface area contributed by atoms with Gasteiger partial charge in [-0.15, -0.1) is 0 Å². The normalized spacial score (nSPS) is 30.0. The quantitative estimate of drug-likeness (QED) is 0.240. The molecule has 2 N–H and O–H groups in total. The third kappa shape index (κ3) is 10.2. The first-order valence-electron chi connectivity index (χ1n) is 16.3. The fraction of sp³-hybridized carbons (Fsp3) is 0.459. The predicted octanol–water partition coefficient (Wildman–Crippen LogP) is 3.45. The van der Waals surface area contributed by atoms with Crippen LogP contribution in [0.3, 0.4) is 0 Å². The predicted molar refractivity (Wildman–Crippen MR) is 173 cm³/mol. The molecule has 0 amide bonds. The average Bonchev–Trinajstić information content (AvgIpc) is 3.08. The smallest absolute Gasteiger partial charge is 0.303 e. The molecule has 12 heteroatoms. The van der Waals surface area contributed by atoms with E-state index in [9.17, 15) is 19.8 Å². The Morgan fingerprint density at radius 1 is 0.633 bits per heavy atom. The molecule has 0 bridgehead atoms. The van der Waals surface area contributed by atoms with Crippen molar-refractivity contribution in [2.24, 2.45) is 0 Å². The summed E-state index contributed by atoms with van der Waals surface area (Å²) in [5.74, 6) is -1.44. The first-order chi connectivity index (χ1) is 23.7. The van der Waals surface area contributed by atoms with Crippen LogP contribution >= 0.6 is 0 Å². The van der Waals surface area contributed by atoms with Gasteiger partial charge in [0, 0.05) is 13.8 Å². The average molecular weight is 681 g/mol. The van der Waals surface area contributed by atoms with Gasteiger partial charge in [-0.25, -0.2) is 0 Å². The van der Waals surface area contributed by atoms with Crippen LogP contribution in [0.25, 0.3) is 0 Å². The molecule has 2 aliphatic rings. The van der Waals surface area contributed by atoms with Gasteiger partial charge in [-0.2, -0.15) is 0 Å². The summed E-state index contributed by atoms with van der Waals surface area (Å²) < 4.78 is 48.3. The maximum absolute atomic E-state index is 12.4. The molecule has 2 fully saturated rings. The Morgan fingerprint density at radius 3 is 1.65 bits per heavy atom. The number of aliphatic hydroxyl groups excluding tert-OH is 2. The van der Waals surface area contributed by atoms with Crippen molar-refractivity contribution >= 4 is 11.9 Å². The van der Waals surface area contributed by atoms with Crippen LogP contribution in [0.1, 0.15) is 37.5 Å². The Labute approximate surface area is 285 Å². The molecule has 12 nitrogen and oxygen atoms in total. The number of carbonyl (C=O) groups excluding carboxylic acids is 2. The number of esters is 2. The second kappa shape index (κ2) is 17.8. The minimum absolute atomic E-state index is 0.106. The van der Waals surface area contributed by atoms with Crippen molar-refractivity contribution in [3.8, 4) is 0 Å². The standard InChI is InChI=1S/C37H44O12/c1-23-31(43-20-27-15-9-5-10-16-27)33(34(36(41)45-23)44-21-28-17-11-6-12-18-28)49-37-35(47-25(3)39)32(46-24(2)38)30(40)29(48-37)22-42-19-26-13-7-4-8-14-26/h4-18,23,29-37,40-41H,19-22H2,1-3H3/t23-,29+,30-,31-,32-,33+,34+,35+,36+,37+/m0/s1. The molecule has 2 aliphatic heterocycles. The first kappa shape index (κ1) is 36.6. The minimum Gasteiger partial charge on any atom is -0.455 e. The van der Waals surface area contributed by atoms with Crippen molar-refractivity contribution in [3.05, 3.63) is 108 Å². The number of aliphatic hydroxyl groups is 2. The molecule has 10 atom stereocenters. The van der Waals surface area contributed by atoms with E-state index in [0.717, 1.165) is 16.7 Å². The Balaban J connectivity index is 1.44. The zero-order valence-corrected chi connectivity index (χ0v) is 27.7. The van der Waals surface area contributed by atoms with Crippen LogP contribution in [0.4, 0.5) is 0 Å². The molecule has 49 heavy (non-hydrogen) atoms. The van der Waals surface area contributed by atoms with Crippen LogP contribution in [-0.4, -0.2) is 90.2 Å². The van der Waals surface area contributed by atoms with Gasteiger partial charge in [0.1, 0.15) is 30.5 Å². The van der Waals surface area contributed by atoms with Crippen molar-refractivity contribution in [1.29, 1.82) is 0 Å². The molecule has 0 radical (unpaired) electrons. The Bertz CT molecular complexity index is 1390. The van der Waals surface area contributed by atoms with Crippen molar-refractivity contribution in [2.75, 3.05) is 6.61 Å². The monoisotopic (exact) mass is 680 g/mol. The lowest BCUT2D eigenvalue weighted by Gasteiger charge is -2.48. The highest BCUT2D eigenvalue weighted by molar-refractivity contribution is 5.67. The Morgan fingerprint density at radius 2 is 1.12 bits per heavy atom. The second-order valence-electron chi connectivity index (χ2n) is 12.0. The summed E-state index contributed by atoms with van der Waals surface area (Å²) in [7, 11) is 0. The molecule has 0 saturated carbocycles. The molecule has 2 heterocycles. The van der Waals surface area contributed by atoms with Crippen LogP contribution < -0.4 is 0 Å². The van der Waals surface area contributed by atoms with Crippen LogP contribution in [0.5, 0.6) is 0 Å². The second-order valence-corrected chi connectivity index (χ2v) is 12.0. The number of carbonyl (C=O) groups is 2. The van der Waals surface area contributed by atoms with E-state index in [1.807, 2.05) is 91.0 Å². The maximum atomic E-state index is 12.4. The highest BCUT2D eigenvalue weighted by atomic mass is 16.7. The van der Waals surface area contributed by atoms with Crippen molar-refractivity contribution in [2.45, 2.75) is 102 Å². The number of hydrogen-bond donors (Lipinski definition) is 2. The van der Waals surface area contributed by atoms with Gasteiger partial charge in [-0.3, -0.25) is 9.59 Å². The molecule has 5 rings (SSSR count). The van der Waals surface area contributed by atoms with Crippen LogP contribution in [0.15, 0.2) is 91.0 Å². The van der Waals surface area contributed by atoms with E-state index in [1.54, 1.807) is 6.92 Å². The number of benzene rings is 3. The summed E-state index contributed by atoms with van der Waals surface area (Å²) in [6, 6.07) is 28.3. The number of ether oxygens (including phenoxy) is 8. The molecule has 264 valence electrons. The van der Waals surface area contributed by atoms with Gasteiger partial charge in [-0.1, -0.05) is 91.0 Å². The van der Waals surface area contributed by atoms with Crippen molar-refractivity contribution < 1.29 is 57.7 Å². The zero-order chi connectivity index (χ0) is 34.8. The summed E-state index contributed by atoms with van der Waals surface area (Å²) >= 11 is 0. The van der Waals surface area contributed by atoms with Crippen molar-refractivity contribution in [1.82, 2.24) is 0 Å². The summed E-state index contributed by atoms with van der Waals surface area (Å²) in [5, 5.41) is 22.5. The molecular formula is C37H44O12. The summed E-state index contributed by atoms with van der Waals surface area (Å²) in [5.41, 5.74) is 2.63. The van der Waals surface area contributed by atoms with Gasteiger partial charge < -0.3 is 48.1 Å². The van der Waals surface area contributed by atoms with E-state index < -0.39 is 73.4 Å². The molecule has 0 aliphatic carbocycles. The lowest BCUT2D eigenvalue weighted by molar-refractivity contribution is -0.363. The highest BCUT2D eigenvalue weighted by Crippen LogP contribution is 2.34. The lowest BCUT2D eigenvalue weighted by Crippen LogP contribution is -2.65. The molecule has 0 spiro atoms. The molecule has 2 saturated heterocycles. The Kier molecular flexibility index (Phi) is 13.3. The summed E-state index contributed by atoms with van der Waals surface area (Å²) in [4.78, 5) is 24.6. The molecular weight excluding hydrogens is 636 g/mol. The summed E-state index contributed by atoms with van der Waals surface area (Å²) in [6.07, 6.45) is -11.8. The zero-order valence-electron chi connectivity index (χ0n) is 27.7. The minimum atomic E-state index is -1.45. The van der Waals surface area contributed by atoms with E-state index in [0.29, 0.717) is 0 Å². The van der Waals surface area contributed by atoms with E-state index in [2.05, 4.69) is 0 Å². The maximum Gasteiger partial charge on any atom is 0.303 e. The van der Waals surface area contributed by atoms with E-state index >= 15 is 0 Å². The fourth-order valence-corrected chi connectivity index (χ4v) is 5.89. The van der Waals surface area contributed by atoms with Crippen molar-refractivity contribution in [3.63, 3.8) is 0 Å².